The molecule has 3 aromatic rings. The first kappa shape index (κ1) is 19.4. The molecule has 0 atom stereocenters. The number of alkyl halides is 1. The average Bonchev–Trinajstić information content (AvgIpc) is 3.24. The summed E-state index contributed by atoms with van der Waals surface area (Å²) in [7, 11) is 0. The fraction of sp³-hybridized carbons (Fsp3) is 0.150. The minimum absolute atomic E-state index is 0.208. The summed E-state index contributed by atoms with van der Waals surface area (Å²) in [6.45, 7) is 0.682. The highest BCUT2D eigenvalue weighted by Gasteiger charge is 2.26. The fourth-order valence-electron chi connectivity index (χ4n) is 3.28. The van der Waals surface area contributed by atoms with E-state index in [-0.39, 0.29) is 12.4 Å². The minimum atomic E-state index is -0.985. The molecule has 8 heteroatoms. The first-order valence-electron chi connectivity index (χ1n) is 8.34. The average molecular weight is 528 g/mol. The number of carbonyl (C=O) groups is 1. The van der Waals surface area contributed by atoms with Crippen LogP contribution >= 0.6 is 43.5 Å². The van der Waals surface area contributed by atoms with E-state index in [1.165, 1.54) is 0 Å². The van der Waals surface area contributed by atoms with Crippen LogP contribution < -0.4 is 9.47 Å². The molecule has 4 rings (SSSR count). The molecule has 2 heterocycles. The number of aromatic nitrogens is 1. The molecule has 0 amide bonds. The van der Waals surface area contributed by atoms with Gasteiger partial charge in [0.15, 0.2) is 11.5 Å². The van der Waals surface area contributed by atoms with Crippen LogP contribution in [0.4, 0.5) is 0 Å². The second-order valence-corrected chi connectivity index (χ2v) is 7.99. The van der Waals surface area contributed by atoms with Gasteiger partial charge in [-0.05, 0) is 51.3 Å². The molecule has 0 radical (unpaired) electrons. The number of benzene rings is 2. The molecule has 0 aliphatic carbocycles. The third-order valence-corrected chi connectivity index (χ3v) is 6.10. The Hall–Kier alpha value is -1.96. The highest BCUT2D eigenvalue weighted by Crippen LogP contribution is 2.39. The zero-order valence-electron chi connectivity index (χ0n) is 14.4. The van der Waals surface area contributed by atoms with Crippen LogP contribution in [0, 0.1) is 0 Å². The predicted octanol–water partition coefficient (Wildman–Crippen LogP) is 5.94. The number of hydrogen-bond donors (Lipinski definition) is 1. The van der Waals surface area contributed by atoms with Gasteiger partial charge >= 0.3 is 5.97 Å². The monoisotopic (exact) mass is 525 g/mol. The van der Waals surface area contributed by atoms with Gasteiger partial charge in [0.2, 0.25) is 6.79 Å². The standard InChI is InChI=1S/C20H14Br2ClNO4/c21-8-14-17(20(25)26)18(22)19(12-2-4-13(23)5-3-12)24(14)9-11-1-6-15-16(7-11)28-10-27-15/h1-7H,8-10H2,(H,25,26). The van der Waals surface area contributed by atoms with Crippen molar-refractivity contribution in [3.63, 3.8) is 0 Å². The number of ether oxygens (including phenoxy) is 2. The molecule has 5 nitrogen and oxygen atoms in total. The Bertz CT molecular complexity index is 1060. The topological polar surface area (TPSA) is 60.7 Å². The van der Waals surface area contributed by atoms with Gasteiger partial charge in [0.1, 0.15) is 0 Å². The number of rotatable bonds is 5. The summed E-state index contributed by atoms with van der Waals surface area (Å²) in [5.74, 6) is 0.416. The second-order valence-electron chi connectivity index (χ2n) is 6.20. The lowest BCUT2D eigenvalue weighted by Gasteiger charge is -2.14. The molecule has 0 unspecified atom stereocenters. The quantitative estimate of drug-likeness (QED) is 0.417. The van der Waals surface area contributed by atoms with Crippen molar-refractivity contribution in [2.75, 3.05) is 6.79 Å². The second kappa shape index (κ2) is 7.81. The van der Waals surface area contributed by atoms with E-state index in [4.69, 9.17) is 21.1 Å². The van der Waals surface area contributed by atoms with Gasteiger partial charge in [0.25, 0.3) is 0 Å². The van der Waals surface area contributed by atoms with Crippen molar-refractivity contribution in [2.24, 2.45) is 0 Å². The first-order valence-corrected chi connectivity index (χ1v) is 10.6. The maximum Gasteiger partial charge on any atom is 0.338 e. The van der Waals surface area contributed by atoms with E-state index in [1.807, 2.05) is 34.9 Å². The Labute approximate surface area is 183 Å². The van der Waals surface area contributed by atoms with Crippen molar-refractivity contribution in [3.8, 4) is 22.8 Å². The van der Waals surface area contributed by atoms with Crippen LogP contribution in [-0.4, -0.2) is 22.4 Å². The van der Waals surface area contributed by atoms with Crippen LogP contribution in [-0.2, 0) is 11.9 Å². The van der Waals surface area contributed by atoms with Gasteiger partial charge in [0, 0.05) is 22.6 Å². The third kappa shape index (κ3) is 3.43. The Balaban J connectivity index is 1.87. The summed E-state index contributed by atoms with van der Waals surface area (Å²) in [5.41, 5.74) is 3.53. The van der Waals surface area contributed by atoms with Crippen LogP contribution in [0.5, 0.6) is 11.5 Å². The van der Waals surface area contributed by atoms with Crippen molar-refractivity contribution in [2.45, 2.75) is 11.9 Å². The highest BCUT2D eigenvalue weighted by molar-refractivity contribution is 9.10. The van der Waals surface area contributed by atoms with Crippen molar-refractivity contribution >= 4 is 49.4 Å². The van der Waals surface area contributed by atoms with Gasteiger partial charge in [-0.2, -0.15) is 0 Å². The van der Waals surface area contributed by atoms with Crippen LogP contribution in [0.15, 0.2) is 46.9 Å². The van der Waals surface area contributed by atoms with Crippen molar-refractivity contribution in [1.29, 1.82) is 0 Å². The van der Waals surface area contributed by atoms with E-state index in [1.54, 1.807) is 12.1 Å². The molecular formula is C20H14Br2ClNO4. The zero-order valence-corrected chi connectivity index (χ0v) is 18.3. The predicted molar refractivity (Wildman–Crippen MR) is 114 cm³/mol. The lowest BCUT2D eigenvalue weighted by atomic mass is 10.1. The summed E-state index contributed by atoms with van der Waals surface area (Å²) in [4.78, 5) is 11.9. The van der Waals surface area contributed by atoms with E-state index < -0.39 is 5.97 Å². The first-order chi connectivity index (χ1) is 13.5. The van der Waals surface area contributed by atoms with E-state index in [0.29, 0.717) is 38.6 Å². The molecule has 0 spiro atoms. The summed E-state index contributed by atoms with van der Waals surface area (Å²) in [6, 6.07) is 13.1. The fourth-order valence-corrected chi connectivity index (χ4v) is 4.83. The molecule has 1 aliphatic heterocycles. The normalized spacial score (nSPS) is 12.4. The smallest absolute Gasteiger partial charge is 0.338 e. The van der Waals surface area contributed by atoms with Crippen molar-refractivity contribution < 1.29 is 19.4 Å². The molecule has 28 heavy (non-hydrogen) atoms. The number of carboxylic acid groups (broad SMARTS) is 1. The van der Waals surface area contributed by atoms with E-state index in [2.05, 4.69) is 31.9 Å². The van der Waals surface area contributed by atoms with Crippen LogP contribution in [0.25, 0.3) is 11.3 Å². The number of halogens is 3. The molecule has 0 saturated carbocycles. The maximum absolute atomic E-state index is 11.9. The number of aromatic carboxylic acids is 1. The summed E-state index contributed by atoms with van der Waals surface area (Å²) >= 11 is 13.0. The van der Waals surface area contributed by atoms with E-state index >= 15 is 0 Å². The maximum atomic E-state index is 11.9. The van der Waals surface area contributed by atoms with Gasteiger partial charge in [-0.1, -0.05) is 45.7 Å². The summed E-state index contributed by atoms with van der Waals surface area (Å²) < 4.78 is 13.4. The summed E-state index contributed by atoms with van der Waals surface area (Å²) in [6.07, 6.45) is 0. The van der Waals surface area contributed by atoms with E-state index in [9.17, 15) is 9.90 Å². The van der Waals surface area contributed by atoms with Gasteiger partial charge in [0.05, 0.1) is 15.7 Å². The highest BCUT2D eigenvalue weighted by atomic mass is 79.9. The Morgan fingerprint density at radius 3 is 2.54 bits per heavy atom. The van der Waals surface area contributed by atoms with Crippen molar-refractivity contribution in [1.82, 2.24) is 4.57 Å². The van der Waals surface area contributed by atoms with Crippen LogP contribution in [0.3, 0.4) is 0 Å². The molecule has 0 saturated heterocycles. The largest absolute Gasteiger partial charge is 0.478 e. The van der Waals surface area contributed by atoms with Gasteiger partial charge in [-0.3, -0.25) is 0 Å². The van der Waals surface area contributed by atoms with Gasteiger partial charge in [-0.25, -0.2) is 4.79 Å². The van der Waals surface area contributed by atoms with Crippen LogP contribution in [0.2, 0.25) is 5.02 Å². The van der Waals surface area contributed by atoms with Crippen LogP contribution in [0.1, 0.15) is 21.6 Å². The Morgan fingerprint density at radius 2 is 1.86 bits per heavy atom. The molecular weight excluding hydrogens is 513 g/mol. The number of nitrogens with zero attached hydrogens (tertiary/aromatic N) is 1. The Kier molecular flexibility index (Phi) is 5.40. The SMILES string of the molecule is O=C(O)c1c(Br)c(-c2ccc(Cl)cc2)n(Cc2ccc3c(c2)OCO3)c1CBr. The van der Waals surface area contributed by atoms with Crippen molar-refractivity contribution in [3.05, 3.63) is 68.8 Å². The molecule has 1 aliphatic rings. The summed E-state index contributed by atoms with van der Waals surface area (Å²) in [5, 5.41) is 10.8. The molecule has 0 fully saturated rings. The number of carboxylic acids is 1. The molecule has 1 N–H and O–H groups in total. The molecule has 144 valence electrons. The van der Waals surface area contributed by atoms with Gasteiger partial charge < -0.3 is 19.1 Å². The Morgan fingerprint density at radius 1 is 1.14 bits per heavy atom. The molecule has 0 bridgehead atoms. The molecule has 1 aromatic heterocycles. The lowest BCUT2D eigenvalue weighted by Crippen LogP contribution is -2.08. The molecule has 2 aromatic carbocycles. The third-order valence-electron chi connectivity index (χ3n) is 4.55. The van der Waals surface area contributed by atoms with E-state index in [0.717, 1.165) is 16.8 Å². The zero-order chi connectivity index (χ0) is 19.8. The lowest BCUT2D eigenvalue weighted by molar-refractivity contribution is 0.0695. The number of fused-ring (bicyclic) bond motifs is 1. The van der Waals surface area contributed by atoms with Gasteiger partial charge in [-0.15, -0.1) is 0 Å². The minimum Gasteiger partial charge on any atom is -0.478 e. The number of hydrogen-bond acceptors (Lipinski definition) is 3.